The van der Waals surface area contributed by atoms with Crippen molar-refractivity contribution in [2.24, 2.45) is 5.73 Å². The molecular weight excluding hydrogens is 267 g/mol. The molecule has 114 valence electrons. The lowest BCUT2D eigenvalue weighted by Crippen LogP contribution is -2.38. The molecule has 1 aromatic carbocycles. The van der Waals surface area contributed by atoms with Gasteiger partial charge in [0.15, 0.2) is 0 Å². The maximum atomic E-state index is 13.5. The van der Waals surface area contributed by atoms with Crippen LogP contribution in [0.4, 0.5) is 4.39 Å². The number of hydrogen-bond acceptors (Lipinski definition) is 3. The summed E-state index contributed by atoms with van der Waals surface area (Å²) in [5, 5.41) is 0. The number of hydrogen-bond donors (Lipinski definition) is 1. The number of halogens is 1. The van der Waals surface area contributed by atoms with E-state index >= 15 is 0 Å². The van der Waals surface area contributed by atoms with Crippen LogP contribution in [-0.4, -0.2) is 18.0 Å². The molecule has 1 heterocycles. The summed E-state index contributed by atoms with van der Waals surface area (Å²) >= 11 is 0. The van der Waals surface area contributed by atoms with Crippen molar-refractivity contribution in [3.63, 3.8) is 0 Å². The Balaban J connectivity index is 2.23. The highest BCUT2D eigenvalue weighted by Crippen LogP contribution is 2.26. The van der Waals surface area contributed by atoms with Gasteiger partial charge in [-0.25, -0.2) is 4.39 Å². The van der Waals surface area contributed by atoms with Crippen molar-refractivity contribution in [3.8, 4) is 0 Å². The van der Waals surface area contributed by atoms with Crippen molar-refractivity contribution < 1.29 is 8.81 Å². The van der Waals surface area contributed by atoms with Gasteiger partial charge < -0.3 is 10.2 Å². The van der Waals surface area contributed by atoms with E-state index in [2.05, 4.69) is 4.90 Å². The van der Waals surface area contributed by atoms with Gasteiger partial charge >= 0.3 is 0 Å². The van der Waals surface area contributed by atoms with E-state index in [4.69, 9.17) is 10.2 Å². The van der Waals surface area contributed by atoms with E-state index in [0.29, 0.717) is 6.54 Å². The zero-order valence-electron chi connectivity index (χ0n) is 12.8. The normalized spacial score (nSPS) is 14.4. The fourth-order valence-corrected chi connectivity index (χ4v) is 2.66. The Labute approximate surface area is 125 Å². The minimum Gasteiger partial charge on any atom is -0.465 e. The molecular formula is C17H23FN2O. The average molecular weight is 290 g/mol. The predicted molar refractivity (Wildman–Crippen MR) is 82.3 cm³/mol. The smallest absolute Gasteiger partial charge is 0.123 e. The summed E-state index contributed by atoms with van der Waals surface area (Å²) in [7, 11) is 1.99. The molecule has 0 bridgehead atoms. The van der Waals surface area contributed by atoms with Crippen LogP contribution in [0.2, 0.25) is 0 Å². The third kappa shape index (κ3) is 3.93. The molecule has 0 aliphatic rings. The minimum absolute atomic E-state index is 0.0453. The molecule has 21 heavy (non-hydrogen) atoms. The van der Waals surface area contributed by atoms with Crippen molar-refractivity contribution in [1.82, 2.24) is 4.90 Å². The Hall–Kier alpha value is -1.65. The topological polar surface area (TPSA) is 42.4 Å². The maximum absolute atomic E-state index is 13.5. The Morgan fingerprint density at radius 2 is 2.05 bits per heavy atom. The minimum atomic E-state index is -0.233. The SMILES string of the molecule is CCC(N)C(c1cccc(F)c1)N(C)Cc1ccc(C)o1. The summed E-state index contributed by atoms with van der Waals surface area (Å²) in [5.74, 6) is 1.54. The van der Waals surface area contributed by atoms with Gasteiger partial charge in [0.05, 0.1) is 12.6 Å². The number of benzene rings is 1. The molecule has 4 heteroatoms. The summed E-state index contributed by atoms with van der Waals surface area (Å²) in [4.78, 5) is 2.11. The third-order valence-electron chi connectivity index (χ3n) is 3.74. The van der Waals surface area contributed by atoms with E-state index in [1.54, 1.807) is 12.1 Å². The molecule has 2 rings (SSSR count). The van der Waals surface area contributed by atoms with Gasteiger partial charge in [0.25, 0.3) is 0 Å². The molecule has 2 unspecified atom stereocenters. The van der Waals surface area contributed by atoms with Crippen LogP contribution in [0.25, 0.3) is 0 Å². The first-order valence-electron chi connectivity index (χ1n) is 7.28. The lowest BCUT2D eigenvalue weighted by Gasteiger charge is -2.32. The summed E-state index contributed by atoms with van der Waals surface area (Å²) in [6.45, 7) is 4.61. The monoisotopic (exact) mass is 290 g/mol. The molecule has 0 amide bonds. The molecule has 2 N–H and O–H groups in total. The van der Waals surface area contributed by atoms with Crippen LogP contribution in [-0.2, 0) is 6.54 Å². The number of likely N-dealkylation sites (N-methyl/N-ethyl adjacent to an activating group) is 1. The van der Waals surface area contributed by atoms with Gasteiger partial charge in [-0.15, -0.1) is 0 Å². The van der Waals surface area contributed by atoms with Gasteiger partial charge in [0.2, 0.25) is 0 Å². The first-order valence-corrected chi connectivity index (χ1v) is 7.28. The second kappa shape index (κ2) is 6.87. The lowest BCUT2D eigenvalue weighted by atomic mass is 9.96. The Bertz CT molecular complexity index is 582. The van der Waals surface area contributed by atoms with Gasteiger partial charge in [-0.05, 0) is 50.2 Å². The second-order valence-corrected chi connectivity index (χ2v) is 5.50. The molecule has 1 aromatic heterocycles. The van der Waals surface area contributed by atoms with Crippen LogP contribution >= 0.6 is 0 Å². The van der Waals surface area contributed by atoms with Crippen molar-refractivity contribution in [2.75, 3.05) is 7.05 Å². The second-order valence-electron chi connectivity index (χ2n) is 5.50. The molecule has 2 atom stereocenters. The van der Waals surface area contributed by atoms with E-state index in [9.17, 15) is 4.39 Å². The third-order valence-corrected chi connectivity index (χ3v) is 3.74. The molecule has 0 radical (unpaired) electrons. The van der Waals surface area contributed by atoms with Gasteiger partial charge in [-0.2, -0.15) is 0 Å². The first kappa shape index (κ1) is 15.7. The molecule has 0 aliphatic carbocycles. The van der Waals surface area contributed by atoms with Crippen LogP contribution in [0.3, 0.4) is 0 Å². The number of nitrogens with zero attached hydrogens (tertiary/aromatic N) is 1. The largest absolute Gasteiger partial charge is 0.465 e. The van der Waals surface area contributed by atoms with Gasteiger partial charge in [0, 0.05) is 6.04 Å². The lowest BCUT2D eigenvalue weighted by molar-refractivity contribution is 0.187. The van der Waals surface area contributed by atoms with Gasteiger partial charge in [-0.3, -0.25) is 4.90 Å². The molecule has 2 aromatic rings. The molecule has 0 saturated carbocycles. The molecule has 0 saturated heterocycles. The standard InChI is InChI=1S/C17H23FN2O/c1-4-16(19)17(13-6-5-7-14(18)10-13)20(3)11-15-9-8-12(2)21-15/h5-10,16-17H,4,11,19H2,1-3H3. The van der Waals surface area contributed by atoms with Crippen molar-refractivity contribution in [3.05, 3.63) is 59.3 Å². The fourth-order valence-electron chi connectivity index (χ4n) is 2.66. The van der Waals surface area contributed by atoms with E-state index in [0.717, 1.165) is 23.5 Å². The van der Waals surface area contributed by atoms with E-state index < -0.39 is 0 Å². The van der Waals surface area contributed by atoms with Crippen LogP contribution in [0.15, 0.2) is 40.8 Å². The number of aryl methyl sites for hydroxylation is 1. The summed E-state index contributed by atoms with van der Waals surface area (Å²) in [5.41, 5.74) is 7.16. The van der Waals surface area contributed by atoms with E-state index in [1.165, 1.54) is 6.07 Å². The fraction of sp³-hybridized carbons (Fsp3) is 0.412. The number of rotatable bonds is 6. The Morgan fingerprint density at radius 3 is 2.62 bits per heavy atom. The van der Waals surface area contributed by atoms with Crippen LogP contribution in [0, 0.1) is 12.7 Å². The highest BCUT2D eigenvalue weighted by atomic mass is 19.1. The summed E-state index contributed by atoms with van der Waals surface area (Å²) in [6, 6.07) is 10.5. The zero-order valence-corrected chi connectivity index (χ0v) is 12.8. The average Bonchev–Trinajstić information content (AvgIpc) is 2.84. The zero-order chi connectivity index (χ0) is 15.4. The van der Waals surface area contributed by atoms with Crippen LogP contribution in [0.5, 0.6) is 0 Å². The quantitative estimate of drug-likeness (QED) is 0.883. The van der Waals surface area contributed by atoms with E-state index in [1.807, 2.05) is 39.1 Å². The number of nitrogens with two attached hydrogens (primary N) is 1. The van der Waals surface area contributed by atoms with Gasteiger partial charge in [0.1, 0.15) is 17.3 Å². The Kier molecular flexibility index (Phi) is 5.15. The molecule has 0 fully saturated rings. The van der Waals surface area contributed by atoms with Crippen molar-refractivity contribution >= 4 is 0 Å². The first-order chi connectivity index (χ1) is 10.0. The van der Waals surface area contributed by atoms with Gasteiger partial charge in [-0.1, -0.05) is 19.1 Å². The summed E-state index contributed by atoms with van der Waals surface area (Å²) in [6.07, 6.45) is 0.822. The summed E-state index contributed by atoms with van der Waals surface area (Å²) < 4.78 is 19.1. The van der Waals surface area contributed by atoms with E-state index in [-0.39, 0.29) is 17.9 Å². The van der Waals surface area contributed by atoms with Crippen molar-refractivity contribution in [1.29, 1.82) is 0 Å². The molecule has 0 aliphatic heterocycles. The molecule has 0 spiro atoms. The van der Waals surface area contributed by atoms with Crippen LogP contribution in [0.1, 0.15) is 36.5 Å². The Morgan fingerprint density at radius 1 is 1.29 bits per heavy atom. The predicted octanol–water partition coefficient (Wildman–Crippen LogP) is 3.64. The van der Waals surface area contributed by atoms with Crippen molar-refractivity contribution in [2.45, 2.75) is 38.9 Å². The highest BCUT2D eigenvalue weighted by Gasteiger charge is 2.24. The maximum Gasteiger partial charge on any atom is 0.123 e. The number of furan rings is 1. The van der Waals surface area contributed by atoms with Crippen LogP contribution < -0.4 is 5.73 Å². The highest BCUT2D eigenvalue weighted by molar-refractivity contribution is 5.22. The molecule has 3 nitrogen and oxygen atoms in total.